The summed E-state index contributed by atoms with van der Waals surface area (Å²) in [5.41, 5.74) is 2.66. The Labute approximate surface area is 126 Å². The van der Waals surface area contributed by atoms with Gasteiger partial charge >= 0.3 is 0 Å². The van der Waals surface area contributed by atoms with Gasteiger partial charge in [-0.05, 0) is 47.9 Å². The van der Waals surface area contributed by atoms with Gasteiger partial charge in [-0.3, -0.25) is 0 Å². The molecule has 1 atom stereocenters. The minimum absolute atomic E-state index is 0.296. The highest BCUT2D eigenvalue weighted by atomic mass is 79.9. The lowest BCUT2D eigenvalue weighted by molar-refractivity contribution is 0.178. The van der Waals surface area contributed by atoms with Crippen LogP contribution in [0.25, 0.3) is 0 Å². The van der Waals surface area contributed by atoms with Crippen LogP contribution in [0.15, 0.2) is 40.9 Å². The van der Waals surface area contributed by atoms with Crippen LogP contribution in [0.3, 0.4) is 0 Å². The molecule has 0 aliphatic heterocycles. The van der Waals surface area contributed by atoms with Crippen molar-refractivity contribution in [2.24, 2.45) is 0 Å². The van der Waals surface area contributed by atoms with Crippen LogP contribution in [0.4, 0.5) is 4.39 Å². The number of aliphatic hydroxyl groups is 1. The SMILES string of the molecule is COc1ccc(C(O)Cc2ccc(F)cc2Br)cc1C. The minimum atomic E-state index is -0.638. The molecule has 106 valence electrons. The van der Waals surface area contributed by atoms with Gasteiger partial charge in [-0.2, -0.15) is 0 Å². The van der Waals surface area contributed by atoms with Crippen molar-refractivity contribution in [3.63, 3.8) is 0 Å². The van der Waals surface area contributed by atoms with E-state index in [4.69, 9.17) is 4.74 Å². The lowest BCUT2D eigenvalue weighted by Crippen LogP contribution is -2.03. The first-order valence-corrected chi connectivity index (χ1v) is 7.07. The molecule has 0 heterocycles. The van der Waals surface area contributed by atoms with Crippen molar-refractivity contribution in [1.29, 1.82) is 0 Å². The molecule has 20 heavy (non-hydrogen) atoms. The van der Waals surface area contributed by atoms with Crippen molar-refractivity contribution in [1.82, 2.24) is 0 Å². The summed E-state index contributed by atoms with van der Waals surface area (Å²) < 4.78 is 18.9. The Morgan fingerprint density at radius 3 is 2.60 bits per heavy atom. The smallest absolute Gasteiger partial charge is 0.124 e. The number of aryl methyl sites for hydroxylation is 1. The first-order valence-electron chi connectivity index (χ1n) is 6.28. The van der Waals surface area contributed by atoms with Crippen LogP contribution in [0, 0.1) is 12.7 Å². The average Bonchev–Trinajstić information content (AvgIpc) is 2.41. The van der Waals surface area contributed by atoms with Crippen LogP contribution < -0.4 is 4.74 Å². The number of hydrogen-bond donors (Lipinski definition) is 1. The molecule has 0 amide bonds. The summed E-state index contributed by atoms with van der Waals surface area (Å²) >= 11 is 3.31. The van der Waals surface area contributed by atoms with Crippen LogP contribution in [0.1, 0.15) is 22.8 Å². The van der Waals surface area contributed by atoms with Crippen molar-refractivity contribution in [2.75, 3.05) is 7.11 Å². The Bertz CT molecular complexity index is 613. The normalized spacial score (nSPS) is 12.2. The van der Waals surface area contributed by atoms with Crippen LogP contribution in [-0.2, 0) is 6.42 Å². The third-order valence-electron chi connectivity index (χ3n) is 3.23. The maximum absolute atomic E-state index is 13.0. The van der Waals surface area contributed by atoms with Crippen LogP contribution in [-0.4, -0.2) is 12.2 Å². The van der Waals surface area contributed by atoms with E-state index in [-0.39, 0.29) is 5.82 Å². The molecule has 0 aliphatic carbocycles. The van der Waals surface area contributed by atoms with Gasteiger partial charge in [0.15, 0.2) is 0 Å². The second-order valence-corrected chi connectivity index (χ2v) is 5.54. The zero-order chi connectivity index (χ0) is 14.7. The summed E-state index contributed by atoms with van der Waals surface area (Å²) in [6.45, 7) is 1.93. The van der Waals surface area contributed by atoms with E-state index < -0.39 is 6.10 Å². The molecule has 0 spiro atoms. The average molecular weight is 339 g/mol. The van der Waals surface area contributed by atoms with Crippen molar-refractivity contribution >= 4 is 15.9 Å². The molecular weight excluding hydrogens is 323 g/mol. The number of halogens is 2. The molecule has 4 heteroatoms. The van der Waals surface area contributed by atoms with E-state index in [0.717, 1.165) is 22.4 Å². The zero-order valence-corrected chi connectivity index (χ0v) is 12.9. The highest BCUT2D eigenvalue weighted by Crippen LogP contribution is 2.27. The summed E-state index contributed by atoms with van der Waals surface area (Å²) in [4.78, 5) is 0. The molecule has 1 N–H and O–H groups in total. The fourth-order valence-electron chi connectivity index (χ4n) is 2.12. The van der Waals surface area contributed by atoms with Crippen molar-refractivity contribution < 1.29 is 14.2 Å². The molecule has 0 aromatic heterocycles. The molecule has 0 fully saturated rings. The fourth-order valence-corrected chi connectivity index (χ4v) is 2.64. The highest BCUT2D eigenvalue weighted by Gasteiger charge is 2.12. The van der Waals surface area contributed by atoms with Gasteiger partial charge in [0.05, 0.1) is 13.2 Å². The molecule has 2 nitrogen and oxygen atoms in total. The summed E-state index contributed by atoms with van der Waals surface area (Å²) in [5, 5.41) is 10.3. The Morgan fingerprint density at radius 2 is 2.00 bits per heavy atom. The summed E-state index contributed by atoms with van der Waals surface area (Å²) in [7, 11) is 1.62. The van der Waals surface area contributed by atoms with E-state index in [0.29, 0.717) is 10.9 Å². The molecule has 1 unspecified atom stereocenters. The first-order chi connectivity index (χ1) is 9.51. The Morgan fingerprint density at radius 1 is 1.25 bits per heavy atom. The van der Waals surface area contributed by atoms with Gasteiger partial charge in [0.25, 0.3) is 0 Å². The molecule has 0 saturated heterocycles. The van der Waals surface area contributed by atoms with Crippen molar-refractivity contribution in [3.05, 3.63) is 63.4 Å². The van der Waals surface area contributed by atoms with Gasteiger partial charge in [-0.1, -0.05) is 28.1 Å². The maximum atomic E-state index is 13.0. The predicted molar refractivity (Wildman–Crippen MR) is 80.5 cm³/mol. The number of hydrogen-bond acceptors (Lipinski definition) is 2. The Hall–Kier alpha value is -1.39. The van der Waals surface area contributed by atoms with Gasteiger partial charge in [0.2, 0.25) is 0 Å². The quantitative estimate of drug-likeness (QED) is 0.905. The highest BCUT2D eigenvalue weighted by molar-refractivity contribution is 9.10. The third-order valence-corrected chi connectivity index (χ3v) is 3.97. The van der Waals surface area contributed by atoms with Gasteiger partial charge < -0.3 is 9.84 Å². The van der Waals surface area contributed by atoms with Crippen LogP contribution in [0.5, 0.6) is 5.75 Å². The lowest BCUT2D eigenvalue weighted by atomic mass is 9.99. The van der Waals surface area contributed by atoms with Gasteiger partial charge in [-0.15, -0.1) is 0 Å². The van der Waals surface area contributed by atoms with Crippen molar-refractivity contribution in [3.8, 4) is 5.75 Å². The lowest BCUT2D eigenvalue weighted by Gasteiger charge is -2.14. The number of rotatable bonds is 4. The predicted octanol–water partition coefficient (Wildman–Crippen LogP) is 4.18. The molecule has 2 aromatic carbocycles. The molecule has 0 aliphatic rings. The number of methoxy groups -OCH3 is 1. The number of aliphatic hydroxyl groups excluding tert-OH is 1. The molecule has 0 radical (unpaired) electrons. The van der Waals surface area contributed by atoms with Gasteiger partial charge in [0.1, 0.15) is 11.6 Å². The fraction of sp³-hybridized carbons (Fsp3) is 0.250. The largest absolute Gasteiger partial charge is 0.496 e. The first kappa shape index (κ1) is 15.0. The summed E-state index contributed by atoms with van der Waals surface area (Å²) in [6.07, 6.45) is -0.214. The van der Waals surface area contributed by atoms with E-state index >= 15 is 0 Å². The van der Waals surface area contributed by atoms with Gasteiger partial charge in [-0.25, -0.2) is 4.39 Å². The monoisotopic (exact) mass is 338 g/mol. The Kier molecular flexibility index (Phi) is 4.78. The van der Waals surface area contributed by atoms with E-state index in [1.165, 1.54) is 12.1 Å². The Balaban J connectivity index is 2.19. The minimum Gasteiger partial charge on any atom is -0.496 e. The second kappa shape index (κ2) is 6.37. The number of benzene rings is 2. The topological polar surface area (TPSA) is 29.5 Å². The standard InChI is InChI=1S/C16H16BrFO2/c1-10-7-12(4-6-16(10)20-2)15(19)8-11-3-5-13(18)9-14(11)17/h3-7,9,15,19H,8H2,1-2H3. The molecule has 2 aromatic rings. The third kappa shape index (κ3) is 3.38. The van der Waals surface area contributed by atoms with Crippen LogP contribution >= 0.6 is 15.9 Å². The summed E-state index contributed by atoms with van der Waals surface area (Å²) in [6, 6.07) is 10.1. The molecule has 0 bridgehead atoms. The molecular formula is C16H16BrFO2. The van der Waals surface area contributed by atoms with Crippen molar-refractivity contribution in [2.45, 2.75) is 19.4 Å². The molecule has 0 saturated carbocycles. The van der Waals surface area contributed by atoms with E-state index in [1.807, 2.05) is 25.1 Å². The zero-order valence-electron chi connectivity index (χ0n) is 11.4. The van der Waals surface area contributed by atoms with E-state index in [2.05, 4.69) is 15.9 Å². The van der Waals surface area contributed by atoms with Crippen LogP contribution in [0.2, 0.25) is 0 Å². The maximum Gasteiger partial charge on any atom is 0.124 e. The summed E-state index contributed by atoms with van der Waals surface area (Å²) in [5.74, 6) is 0.499. The molecule has 2 rings (SSSR count). The van der Waals surface area contributed by atoms with E-state index in [9.17, 15) is 9.50 Å². The second-order valence-electron chi connectivity index (χ2n) is 4.68. The van der Waals surface area contributed by atoms with E-state index in [1.54, 1.807) is 13.2 Å². The van der Waals surface area contributed by atoms with Gasteiger partial charge in [0, 0.05) is 10.9 Å². The number of ether oxygens (including phenoxy) is 1.